The van der Waals surface area contributed by atoms with Gasteiger partial charge < -0.3 is 9.84 Å². The maximum Gasteiger partial charge on any atom is 0.241 e. The van der Waals surface area contributed by atoms with Gasteiger partial charge >= 0.3 is 0 Å². The summed E-state index contributed by atoms with van der Waals surface area (Å²) >= 11 is 6.03. The van der Waals surface area contributed by atoms with Gasteiger partial charge in [0.2, 0.25) is 23.6 Å². The summed E-state index contributed by atoms with van der Waals surface area (Å²) in [5.74, 6) is -4.23. The number of carbonyl (C=O) groups excluding carboxylic acids is 4. The molecule has 8 nitrogen and oxygen atoms in total. The number of fused-ring (bicyclic) bond motifs is 4. The standard InChI is InChI=1S/C31H30ClFN2O6/c1-3-34-27(37)20-10-9-19-21(25(20)29(34)39)15-22-28(38)35(17-6-11-24(33)23(32)14-17)30(40)31(22,2)26(19)16-4-7-18(8-5-16)41-13-12-36/h4-9,11,14,20-22,25-26,36H,3,10,12-13,15H2,1-2H3/t20-,21+,22-,25-,26-,31+/m0/s1. The van der Waals surface area contributed by atoms with Gasteiger partial charge in [0.25, 0.3) is 0 Å². The molecule has 2 aromatic carbocycles. The first-order valence-corrected chi connectivity index (χ1v) is 14.2. The SMILES string of the molecule is CCN1C(=O)[C@H]2[C@H](CC=C3[C@H]2C[C@H]2C(=O)N(c4ccc(F)c(Cl)c4)C(=O)[C@@]2(C)[C@H]3c2ccc(OCCO)cc2)C1=O. The number of nitrogens with zero attached hydrogens (tertiary/aromatic N) is 2. The molecule has 0 bridgehead atoms. The number of imide groups is 2. The number of aliphatic hydroxyl groups is 1. The first kappa shape index (κ1) is 27.6. The number of amides is 4. The van der Waals surface area contributed by atoms with Crippen molar-refractivity contribution in [1.82, 2.24) is 4.90 Å². The predicted molar refractivity (Wildman–Crippen MR) is 147 cm³/mol. The number of halogens is 2. The summed E-state index contributed by atoms with van der Waals surface area (Å²) < 4.78 is 19.5. The van der Waals surface area contributed by atoms with Crippen molar-refractivity contribution in [2.45, 2.75) is 32.6 Å². The Balaban J connectivity index is 1.48. The Morgan fingerprint density at radius 3 is 2.44 bits per heavy atom. The Kier molecular flexibility index (Phi) is 6.77. The second kappa shape index (κ2) is 10.1. The topological polar surface area (TPSA) is 104 Å². The highest BCUT2D eigenvalue weighted by Gasteiger charge is 2.67. The number of hydrogen-bond donors (Lipinski definition) is 1. The van der Waals surface area contributed by atoms with E-state index in [9.17, 15) is 23.6 Å². The third-order valence-corrected chi connectivity index (χ3v) is 9.71. The first-order chi connectivity index (χ1) is 19.6. The minimum Gasteiger partial charge on any atom is -0.491 e. The van der Waals surface area contributed by atoms with E-state index in [1.165, 1.54) is 17.0 Å². The molecule has 0 spiro atoms. The van der Waals surface area contributed by atoms with Crippen molar-refractivity contribution in [1.29, 1.82) is 0 Å². The molecule has 1 saturated carbocycles. The zero-order valence-electron chi connectivity index (χ0n) is 22.7. The lowest BCUT2D eigenvalue weighted by atomic mass is 9.51. The van der Waals surface area contributed by atoms with Gasteiger partial charge in [-0.15, -0.1) is 0 Å². The molecule has 0 radical (unpaired) electrons. The van der Waals surface area contributed by atoms with Crippen LogP contribution >= 0.6 is 11.6 Å². The number of aliphatic hydroxyl groups excluding tert-OH is 1. The van der Waals surface area contributed by atoms with Gasteiger partial charge in [-0.3, -0.25) is 24.1 Å². The smallest absolute Gasteiger partial charge is 0.241 e. The van der Waals surface area contributed by atoms with Crippen molar-refractivity contribution in [3.63, 3.8) is 0 Å². The van der Waals surface area contributed by atoms with E-state index in [2.05, 4.69) is 0 Å². The van der Waals surface area contributed by atoms with E-state index in [1.807, 2.05) is 18.2 Å². The third-order valence-electron chi connectivity index (χ3n) is 9.42. The summed E-state index contributed by atoms with van der Waals surface area (Å²) in [6.07, 6.45) is 2.61. The molecule has 2 aromatic rings. The molecular formula is C31H30ClFN2O6. The quantitative estimate of drug-likeness (QED) is 0.408. The van der Waals surface area contributed by atoms with Crippen LogP contribution in [-0.2, 0) is 19.2 Å². The van der Waals surface area contributed by atoms with Crippen LogP contribution < -0.4 is 9.64 Å². The molecule has 3 fully saturated rings. The van der Waals surface area contributed by atoms with Crippen molar-refractivity contribution in [3.05, 3.63) is 70.5 Å². The largest absolute Gasteiger partial charge is 0.491 e. The van der Waals surface area contributed by atoms with E-state index in [4.69, 9.17) is 21.4 Å². The molecule has 2 saturated heterocycles. The fourth-order valence-electron chi connectivity index (χ4n) is 7.56. The number of ether oxygens (including phenoxy) is 1. The van der Waals surface area contributed by atoms with E-state index in [0.717, 1.165) is 22.1 Å². The molecule has 10 heteroatoms. The van der Waals surface area contributed by atoms with Crippen molar-refractivity contribution in [3.8, 4) is 5.75 Å². The van der Waals surface area contributed by atoms with Gasteiger partial charge in [-0.25, -0.2) is 9.29 Å². The van der Waals surface area contributed by atoms with Crippen LogP contribution in [0.4, 0.5) is 10.1 Å². The third kappa shape index (κ3) is 3.96. The minimum absolute atomic E-state index is 0.130. The van der Waals surface area contributed by atoms with Crippen molar-refractivity contribution in [2.24, 2.45) is 29.1 Å². The Morgan fingerprint density at radius 2 is 1.78 bits per heavy atom. The van der Waals surface area contributed by atoms with Crippen molar-refractivity contribution >= 4 is 40.9 Å². The van der Waals surface area contributed by atoms with Crippen molar-refractivity contribution < 1.29 is 33.4 Å². The van der Waals surface area contributed by atoms with E-state index in [1.54, 1.807) is 26.0 Å². The molecule has 4 aliphatic rings. The Hall–Kier alpha value is -3.56. The molecule has 0 unspecified atom stereocenters. The van der Waals surface area contributed by atoms with Gasteiger partial charge in [-0.05, 0) is 68.5 Å². The fraction of sp³-hybridized carbons (Fsp3) is 0.419. The van der Waals surface area contributed by atoms with Crippen LogP contribution in [0.5, 0.6) is 5.75 Å². The molecular weight excluding hydrogens is 551 g/mol. The van der Waals surface area contributed by atoms with E-state index in [-0.39, 0.29) is 48.7 Å². The highest BCUT2D eigenvalue weighted by Crippen LogP contribution is 2.63. The molecule has 0 aromatic heterocycles. The normalized spacial score (nSPS) is 30.8. The van der Waals surface area contributed by atoms with E-state index in [0.29, 0.717) is 12.2 Å². The van der Waals surface area contributed by atoms with Gasteiger partial charge in [0.05, 0.1) is 40.5 Å². The summed E-state index contributed by atoms with van der Waals surface area (Å²) in [4.78, 5) is 57.4. The summed E-state index contributed by atoms with van der Waals surface area (Å²) in [6.45, 7) is 3.83. The van der Waals surface area contributed by atoms with Crippen LogP contribution in [0.1, 0.15) is 38.2 Å². The number of rotatable bonds is 6. The molecule has 4 amide bonds. The van der Waals surface area contributed by atoms with Gasteiger partial charge in [-0.1, -0.05) is 35.4 Å². The molecule has 6 rings (SSSR count). The van der Waals surface area contributed by atoms with Gasteiger partial charge in [0.15, 0.2) is 0 Å². The van der Waals surface area contributed by atoms with Gasteiger partial charge in [0.1, 0.15) is 18.2 Å². The van der Waals surface area contributed by atoms with Crippen LogP contribution in [0.25, 0.3) is 0 Å². The van der Waals surface area contributed by atoms with Crippen LogP contribution in [0.3, 0.4) is 0 Å². The average Bonchev–Trinajstić information content (AvgIpc) is 3.33. The molecule has 214 valence electrons. The van der Waals surface area contributed by atoms with Gasteiger partial charge in [-0.2, -0.15) is 0 Å². The van der Waals surface area contributed by atoms with E-state index >= 15 is 0 Å². The number of benzene rings is 2. The molecule has 6 atom stereocenters. The van der Waals surface area contributed by atoms with Crippen LogP contribution in [0.15, 0.2) is 54.1 Å². The Bertz CT molecular complexity index is 1490. The number of hydrogen-bond acceptors (Lipinski definition) is 6. The maximum atomic E-state index is 14.3. The lowest BCUT2D eigenvalue weighted by molar-refractivity contribution is -0.140. The lowest BCUT2D eigenvalue weighted by Crippen LogP contribution is -2.48. The number of anilines is 1. The fourth-order valence-corrected chi connectivity index (χ4v) is 7.74. The molecule has 41 heavy (non-hydrogen) atoms. The summed E-state index contributed by atoms with van der Waals surface area (Å²) in [6, 6.07) is 10.9. The molecule has 2 aliphatic carbocycles. The number of likely N-dealkylation sites (tertiary alicyclic amines) is 1. The monoisotopic (exact) mass is 580 g/mol. The number of carbonyl (C=O) groups is 4. The van der Waals surface area contributed by atoms with Crippen molar-refractivity contribution in [2.75, 3.05) is 24.7 Å². The van der Waals surface area contributed by atoms with Crippen LogP contribution in [0, 0.1) is 34.9 Å². The highest BCUT2D eigenvalue weighted by molar-refractivity contribution is 6.31. The highest BCUT2D eigenvalue weighted by atomic mass is 35.5. The average molecular weight is 581 g/mol. The molecule has 2 heterocycles. The summed E-state index contributed by atoms with van der Waals surface area (Å²) in [7, 11) is 0. The summed E-state index contributed by atoms with van der Waals surface area (Å²) in [5.41, 5.74) is 0.630. The zero-order valence-corrected chi connectivity index (χ0v) is 23.4. The van der Waals surface area contributed by atoms with E-state index < -0.39 is 52.6 Å². The Morgan fingerprint density at radius 1 is 1.05 bits per heavy atom. The predicted octanol–water partition coefficient (Wildman–Crippen LogP) is 4.10. The zero-order chi connectivity index (χ0) is 29.2. The summed E-state index contributed by atoms with van der Waals surface area (Å²) in [5, 5.41) is 8.92. The molecule has 2 aliphatic heterocycles. The minimum atomic E-state index is -1.21. The maximum absolute atomic E-state index is 14.3. The second-order valence-electron chi connectivity index (χ2n) is 11.3. The first-order valence-electron chi connectivity index (χ1n) is 13.9. The second-order valence-corrected chi connectivity index (χ2v) is 11.7. The Labute approximate surface area is 241 Å². The molecule has 1 N–H and O–H groups in total. The van der Waals surface area contributed by atoms with Crippen LogP contribution in [0.2, 0.25) is 5.02 Å². The van der Waals surface area contributed by atoms with Crippen LogP contribution in [-0.4, -0.2) is 53.4 Å². The number of allylic oxidation sites excluding steroid dienone is 2. The van der Waals surface area contributed by atoms with Gasteiger partial charge in [0, 0.05) is 12.5 Å². The lowest BCUT2D eigenvalue weighted by Gasteiger charge is -2.49.